The first-order chi connectivity index (χ1) is 14.1. The summed E-state index contributed by atoms with van der Waals surface area (Å²) < 4.78 is 2.23. The van der Waals surface area contributed by atoms with E-state index in [4.69, 9.17) is 0 Å². The number of carbonyl (C=O) groups excluding carboxylic acids is 2. The summed E-state index contributed by atoms with van der Waals surface area (Å²) in [4.78, 5) is 25.3. The number of ketones is 1. The molecule has 0 atom stereocenters. The first-order valence-electron chi connectivity index (χ1n) is 10.2. The minimum Gasteiger partial charge on any atom is -0.355 e. The zero-order valence-electron chi connectivity index (χ0n) is 16.7. The van der Waals surface area contributed by atoms with Gasteiger partial charge in [0.05, 0.1) is 12.6 Å². The van der Waals surface area contributed by atoms with Crippen LogP contribution in [0.25, 0.3) is 0 Å². The Morgan fingerprint density at radius 2 is 2.03 bits per heavy atom. The summed E-state index contributed by atoms with van der Waals surface area (Å²) in [6, 6.07) is 10.3. The summed E-state index contributed by atoms with van der Waals surface area (Å²) in [5.41, 5.74) is 6.05. The number of aromatic nitrogens is 3. The summed E-state index contributed by atoms with van der Waals surface area (Å²) in [6.07, 6.45) is 6.89. The molecule has 0 radical (unpaired) electrons. The number of hydrogen-bond acceptors (Lipinski definition) is 3. The first kappa shape index (κ1) is 19.2. The predicted molar refractivity (Wildman–Crippen MR) is 111 cm³/mol. The Morgan fingerprint density at radius 1 is 1.21 bits per heavy atom. The molecular formula is C23H26N4O2. The van der Waals surface area contributed by atoms with Gasteiger partial charge >= 0.3 is 0 Å². The second kappa shape index (κ2) is 8.47. The van der Waals surface area contributed by atoms with E-state index in [9.17, 15) is 9.59 Å². The van der Waals surface area contributed by atoms with Crippen LogP contribution in [0.4, 0.5) is 0 Å². The number of carbonyl (C=O) groups is 2. The molecular weight excluding hydrogens is 364 g/mol. The van der Waals surface area contributed by atoms with E-state index < -0.39 is 0 Å². The molecule has 0 unspecified atom stereocenters. The van der Waals surface area contributed by atoms with Gasteiger partial charge in [-0.25, -0.2) is 0 Å². The second-order valence-corrected chi connectivity index (χ2v) is 7.62. The Balaban J connectivity index is 1.54. The van der Waals surface area contributed by atoms with Crippen molar-refractivity contribution in [3.8, 4) is 0 Å². The molecule has 0 saturated carbocycles. The van der Waals surface area contributed by atoms with Crippen LogP contribution in [-0.2, 0) is 30.6 Å². The van der Waals surface area contributed by atoms with E-state index in [1.165, 1.54) is 5.56 Å². The Kier molecular flexibility index (Phi) is 5.60. The van der Waals surface area contributed by atoms with Crippen LogP contribution in [0.15, 0.2) is 42.7 Å². The summed E-state index contributed by atoms with van der Waals surface area (Å²) in [5, 5.41) is 9.66. The third kappa shape index (κ3) is 4.16. The van der Waals surface area contributed by atoms with Crippen molar-refractivity contribution in [2.45, 2.75) is 45.6 Å². The predicted octanol–water partition coefficient (Wildman–Crippen LogP) is 2.99. The van der Waals surface area contributed by atoms with Gasteiger partial charge in [-0.3, -0.25) is 14.7 Å². The molecule has 0 saturated heterocycles. The molecule has 1 aliphatic carbocycles. The largest absolute Gasteiger partial charge is 0.355 e. The van der Waals surface area contributed by atoms with Gasteiger partial charge in [0, 0.05) is 42.7 Å². The van der Waals surface area contributed by atoms with E-state index in [1.54, 1.807) is 6.20 Å². The van der Waals surface area contributed by atoms with Crippen LogP contribution >= 0.6 is 0 Å². The molecule has 2 aromatic heterocycles. The van der Waals surface area contributed by atoms with Gasteiger partial charge < -0.3 is 9.88 Å². The third-order valence-electron chi connectivity index (χ3n) is 5.67. The normalized spacial score (nSPS) is 13.3. The number of H-pyrrole nitrogens is 1. The number of hydrogen-bond donors (Lipinski definition) is 2. The highest BCUT2D eigenvalue weighted by atomic mass is 16.1. The molecule has 6 heteroatoms. The van der Waals surface area contributed by atoms with Crippen molar-refractivity contribution in [2.24, 2.45) is 0 Å². The molecule has 29 heavy (non-hydrogen) atoms. The lowest BCUT2D eigenvalue weighted by atomic mass is 9.92. The van der Waals surface area contributed by atoms with Crippen LogP contribution in [-0.4, -0.2) is 33.0 Å². The highest BCUT2D eigenvalue weighted by Crippen LogP contribution is 2.31. The molecule has 1 aliphatic rings. The average molecular weight is 390 g/mol. The fraction of sp³-hybridized carbons (Fsp3) is 0.348. The van der Waals surface area contributed by atoms with Crippen molar-refractivity contribution < 1.29 is 9.59 Å². The van der Waals surface area contributed by atoms with Gasteiger partial charge in [-0.2, -0.15) is 5.10 Å². The first-order valence-corrected chi connectivity index (χ1v) is 10.2. The maximum atomic E-state index is 12.7. The molecule has 1 amide bonds. The molecule has 2 heterocycles. The molecule has 0 fully saturated rings. The summed E-state index contributed by atoms with van der Waals surface area (Å²) in [5.74, 6) is 0.122. The van der Waals surface area contributed by atoms with Crippen molar-refractivity contribution in [1.82, 2.24) is 20.1 Å². The third-order valence-corrected chi connectivity index (χ3v) is 5.67. The lowest BCUT2D eigenvalue weighted by Gasteiger charge is -2.16. The number of fused-ring (bicyclic) bond motifs is 1. The topological polar surface area (TPSA) is 79.8 Å². The molecule has 1 aromatic carbocycles. The number of nitrogens with one attached hydrogen (secondary N) is 2. The Hall–Kier alpha value is -3.15. The molecule has 4 rings (SSSR count). The zero-order chi connectivity index (χ0) is 20.2. The molecule has 2 N–H and O–H groups in total. The number of aromatic amines is 1. The van der Waals surface area contributed by atoms with Crippen LogP contribution in [0.3, 0.4) is 0 Å². The van der Waals surface area contributed by atoms with Gasteiger partial charge in [0.1, 0.15) is 0 Å². The second-order valence-electron chi connectivity index (χ2n) is 7.62. The van der Waals surface area contributed by atoms with E-state index in [0.29, 0.717) is 13.0 Å². The highest BCUT2D eigenvalue weighted by molar-refractivity contribution is 6.01. The molecule has 0 bridgehead atoms. The SMILES string of the molecule is Cc1c(CC(=O)NCCc2cn[nH]c2)c2c(n1Cc1ccccc1)CCCC2=O. The van der Waals surface area contributed by atoms with Crippen molar-refractivity contribution in [2.75, 3.05) is 6.54 Å². The van der Waals surface area contributed by atoms with Gasteiger partial charge in [-0.05, 0) is 42.9 Å². The minimum absolute atomic E-state index is 0.0466. The summed E-state index contributed by atoms with van der Waals surface area (Å²) in [6.45, 7) is 3.31. The Bertz CT molecular complexity index is 1000. The maximum absolute atomic E-state index is 12.7. The van der Waals surface area contributed by atoms with E-state index >= 15 is 0 Å². The molecule has 0 spiro atoms. The number of amides is 1. The van der Waals surface area contributed by atoms with Crippen molar-refractivity contribution in [1.29, 1.82) is 0 Å². The number of Topliss-reactive ketones (excluding diaryl/α,β-unsaturated/α-hetero) is 1. The van der Waals surface area contributed by atoms with E-state index in [1.807, 2.05) is 31.3 Å². The molecule has 3 aromatic rings. The summed E-state index contributed by atoms with van der Waals surface area (Å²) >= 11 is 0. The molecule has 6 nitrogen and oxygen atoms in total. The lowest BCUT2D eigenvalue weighted by molar-refractivity contribution is -0.120. The Labute approximate surface area is 170 Å². The highest BCUT2D eigenvalue weighted by Gasteiger charge is 2.28. The van der Waals surface area contributed by atoms with Gasteiger partial charge in [-0.1, -0.05) is 30.3 Å². The summed E-state index contributed by atoms with van der Waals surface area (Å²) in [7, 11) is 0. The smallest absolute Gasteiger partial charge is 0.224 e. The van der Waals surface area contributed by atoms with Crippen LogP contribution in [0.2, 0.25) is 0 Å². The van der Waals surface area contributed by atoms with E-state index in [2.05, 4.69) is 32.2 Å². The number of nitrogens with zero attached hydrogens (tertiary/aromatic N) is 2. The van der Waals surface area contributed by atoms with Gasteiger partial charge in [0.15, 0.2) is 5.78 Å². The Morgan fingerprint density at radius 3 is 2.79 bits per heavy atom. The number of benzene rings is 1. The van der Waals surface area contributed by atoms with Gasteiger partial charge in [0.2, 0.25) is 5.91 Å². The van der Waals surface area contributed by atoms with Crippen LogP contribution in [0.5, 0.6) is 0 Å². The van der Waals surface area contributed by atoms with Gasteiger partial charge in [0.25, 0.3) is 0 Å². The van der Waals surface area contributed by atoms with Crippen LogP contribution < -0.4 is 5.32 Å². The van der Waals surface area contributed by atoms with Gasteiger partial charge in [-0.15, -0.1) is 0 Å². The van der Waals surface area contributed by atoms with Crippen LogP contribution in [0, 0.1) is 6.92 Å². The van der Waals surface area contributed by atoms with Crippen molar-refractivity contribution in [3.63, 3.8) is 0 Å². The average Bonchev–Trinajstić information content (AvgIpc) is 3.32. The van der Waals surface area contributed by atoms with E-state index in [0.717, 1.165) is 53.9 Å². The standard InChI is InChI=1S/C23H26N4O2/c1-16-19(12-22(29)24-11-10-18-13-25-26-14-18)23-20(8-5-9-21(23)28)27(16)15-17-6-3-2-4-7-17/h2-4,6-7,13-14H,5,8-12,15H2,1H3,(H,24,29)(H,25,26). The maximum Gasteiger partial charge on any atom is 0.224 e. The minimum atomic E-state index is -0.0466. The quantitative estimate of drug-likeness (QED) is 0.651. The van der Waals surface area contributed by atoms with Crippen LogP contribution in [0.1, 0.15) is 51.3 Å². The molecule has 0 aliphatic heterocycles. The number of rotatable bonds is 7. The zero-order valence-corrected chi connectivity index (χ0v) is 16.7. The molecule has 150 valence electrons. The monoisotopic (exact) mass is 390 g/mol. The fourth-order valence-electron chi connectivity index (χ4n) is 4.17. The van der Waals surface area contributed by atoms with E-state index in [-0.39, 0.29) is 18.1 Å². The van der Waals surface area contributed by atoms with Crippen molar-refractivity contribution >= 4 is 11.7 Å². The lowest BCUT2D eigenvalue weighted by Crippen LogP contribution is -2.28. The van der Waals surface area contributed by atoms with Crippen molar-refractivity contribution in [3.05, 3.63) is 76.4 Å². The fourth-order valence-corrected chi connectivity index (χ4v) is 4.17.